The predicted octanol–water partition coefficient (Wildman–Crippen LogP) is 2.31. The minimum absolute atomic E-state index is 0.612. The molecule has 0 bridgehead atoms. The van der Waals surface area contributed by atoms with E-state index in [-0.39, 0.29) is 0 Å². The van der Waals surface area contributed by atoms with E-state index >= 15 is 0 Å². The van der Waals surface area contributed by atoms with Gasteiger partial charge >= 0.3 is 5.97 Å². The van der Waals surface area contributed by atoms with Crippen LogP contribution in [0, 0.1) is 0 Å². The molecular formula is C17H24N2O2. The van der Waals surface area contributed by atoms with Gasteiger partial charge in [0, 0.05) is 25.2 Å². The van der Waals surface area contributed by atoms with Crippen LogP contribution in [-0.4, -0.2) is 54.1 Å². The number of hydrogen-bond acceptors (Lipinski definition) is 3. The number of likely N-dealkylation sites (N-methyl/N-ethyl adjacent to an activating group) is 1. The average molecular weight is 288 g/mol. The van der Waals surface area contributed by atoms with Crippen LogP contribution in [0.3, 0.4) is 0 Å². The highest BCUT2D eigenvalue weighted by Crippen LogP contribution is 2.19. The molecule has 1 unspecified atom stereocenters. The van der Waals surface area contributed by atoms with Gasteiger partial charge in [-0.25, -0.2) is 4.79 Å². The number of carboxylic acids is 1. The first-order chi connectivity index (χ1) is 10.1. The van der Waals surface area contributed by atoms with Crippen molar-refractivity contribution >= 4 is 12.0 Å². The van der Waals surface area contributed by atoms with E-state index < -0.39 is 5.97 Å². The molecule has 1 saturated heterocycles. The summed E-state index contributed by atoms with van der Waals surface area (Å²) in [4.78, 5) is 15.4. The molecule has 1 heterocycles. The van der Waals surface area contributed by atoms with Crippen molar-refractivity contribution in [3.63, 3.8) is 0 Å². The topological polar surface area (TPSA) is 43.8 Å². The Morgan fingerprint density at radius 3 is 2.90 bits per heavy atom. The van der Waals surface area contributed by atoms with Crippen molar-refractivity contribution in [2.45, 2.75) is 25.4 Å². The van der Waals surface area contributed by atoms with Gasteiger partial charge in [-0.05, 0) is 50.7 Å². The summed E-state index contributed by atoms with van der Waals surface area (Å²) in [7, 11) is 4.27. The summed E-state index contributed by atoms with van der Waals surface area (Å²) in [6.07, 6.45) is 5.36. The molecule has 2 rings (SSSR count). The summed E-state index contributed by atoms with van der Waals surface area (Å²) in [5.41, 5.74) is 2.18. The molecule has 0 aliphatic carbocycles. The van der Waals surface area contributed by atoms with Crippen LogP contribution >= 0.6 is 0 Å². The smallest absolute Gasteiger partial charge is 0.328 e. The Labute approximate surface area is 126 Å². The molecule has 0 amide bonds. The molecule has 1 fully saturated rings. The molecule has 0 aromatic heterocycles. The van der Waals surface area contributed by atoms with Crippen molar-refractivity contribution in [2.24, 2.45) is 0 Å². The van der Waals surface area contributed by atoms with Crippen molar-refractivity contribution in [2.75, 3.05) is 27.2 Å². The Hall–Kier alpha value is -1.65. The first kappa shape index (κ1) is 15.7. The predicted molar refractivity (Wildman–Crippen MR) is 85.1 cm³/mol. The molecule has 0 saturated carbocycles. The third-order valence-electron chi connectivity index (χ3n) is 4.07. The summed E-state index contributed by atoms with van der Waals surface area (Å²) in [5.74, 6) is -0.907. The monoisotopic (exact) mass is 288 g/mol. The molecule has 0 radical (unpaired) electrons. The Bertz CT molecular complexity index is 511. The SMILES string of the molecule is CN(C)C1CCCN(Cc2ccccc2C=CC(=O)O)C1. The minimum atomic E-state index is -0.907. The fourth-order valence-electron chi connectivity index (χ4n) is 2.84. The van der Waals surface area contributed by atoms with Crippen molar-refractivity contribution in [3.8, 4) is 0 Å². The molecule has 1 aliphatic rings. The fourth-order valence-corrected chi connectivity index (χ4v) is 2.84. The van der Waals surface area contributed by atoms with Crippen molar-refractivity contribution in [3.05, 3.63) is 41.5 Å². The highest BCUT2D eigenvalue weighted by atomic mass is 16.4. The Balaban J connectivity index is 2.07. The van der Waals surface area contributed by atoms with Gasteiger partial charge in [0.2, 0.25) is 0 Å². The minimum Gasteiger partial charge on any atom is -0.478 e. The Morgan fingerprint density at radius 2 is 2.19 bits per heavy atom. The van der Waals surface area contributed by atoms with Crippen LogP contribution in [0.4, 0.5) is 0 Å². The number of aliphatic carboxylic acids is 1. The highest BCUT2D eigenvalue weighted by molar-refractivity contribution is 5.85. The van der Waals surface area contributed by atoms with E-state index in [0.29, 0.717) is 6.04 Å². The summed E-state index contributed by atoms with van der Waals surface area (Å²) in [5, 5.41) is 8.78. The van der Waals surface area contributed by atoms with E-state index in [1.54, 1.807) is 6.08 Å². The number of piperidine rings is 1. The summed E-state index contributed by atoms with van der Waals surface area (Å²) in [6.45, 7) is 3.07. The van der Waals surface area contributed by atoms with Gasteiger partial charge in [0.25, 0.3) is 0 Å². The molecule has 4 nitrogen and oxygen atoms in total. The molecule has 0 spiro atoms. The van der Waals surface area contributed by atoms with Gasteiger partial charge in [0.1, 0.15) is 0 Å². The van der Waals surface area contributed by atoms with E-state index in [2.05, 4.69) is 30.0 Å². The quantitative estimate of drug-likeness (QED) is 0.845. The van der Waals surface area contributed by atoms with E-state index in [0.717, 1.165) is 25.2 Å². The van der Waals surface area contributed by atoms with E-state index in [1.807, 2.05) is 18.2 Å². The second-order valence-electron chi connectivity index (χ2n) is 5.87. The number of hydrogen-bond donors (Lipinski definition) is 1. The standard InChI is InChI=1S/C17H24N2O2/c1-18(2)16-8-5-11-19(13-16)12-15-7-4-3-6-14(15)9-10-17(20)21/h3-4,6-7,9-10,16H,5,8,11-13H2,1-2H3,(H,20,21). The third-order valence-corrected chi connectivity index (χ3v) is 4.07. The van der Waals surface area contributed by atoms with Gasteiger partial charge in [0.15, 0.2) is 0 Å². The zero-order chi connectivity index (χ0) is 15.2. The van der Waals surface area contributed by atoms with Crippen LogP contribution in [0.15, 0.2) is 30.3 Å². The average Bonchev–Trinajstić information content (AvgIpc) is 2.46. The van der Waals surface area contributed by atoms with Crippen LogP contribution in [0.25, 0.3) is 6.08 Å². The number of likely N-dealkylation sites (tertiary alicyclic amines) is 1. The molecule has 4 heteroatoms. The zero-order valence-corrected chi connectivity index (χ0v) is 12.8. The molecular weight excluding hydrogens is 264 g/mol. The first-order valence-electron chi connectivity index (χ1n) is 7.44. The number of nitrogens with zero attached hydrogens (tertiary/aromatic N) is 2. The summed E-state index contributed by atoms with van der Waals surface area (Å²) >= 11 is 0. The lowest BCUT2D eigenvalue weighted by Gasteiger charge is -2.36. The molecule has 1 atom stereocenters. The van der Waals surface area contributed by atoms with Crippen LogP contribution in [0.5, 0.6) is 0 Å². The maximum absolute atomic E-state index is 10.7. The summed E-state index contributed by atoms with van der Waals surface area (Å²) in [6, 6.07) is 8.63. The first-order valence-corrected chi connectivity index (χ1v) is 7.44. The van der Waals surface area contributed by atoms with Gasteiger partial charge in [-0.1, -0.05) is 24.3 Å². The Kier molecular flexibility index (Phi) is 5.53. The molecule has 1 aliphatic heterocycles. The lowest BCUT2D eigenvalue weighted by atomic mass is 10.0. The number of benzene rings is 1. The third kappa shape index (κ3) is 4.69. The molecule has 1 aromatic rings. The van der Waals surface area contributed by atoms with E-state index in [9.17, 15) is 4.79 Å². The lowest BCUT2D eigenvalue weighted by molar-refractivity contribution is -0.131. The maximum Gasteiger partial charge on any atom is 0.328 e. The lowest BCUT2D eigenvalue weighted by Crippen LogP contribution is -2.44. The Morgan fingerprint density at radius 1 is 1.43 bits per heavy atom. The highest BCUT2D eigenvalue weighted by Gasteiger charge is 2.21. The molecule has 21 heavy (non-hydrogen) atoms. The van der Waals surface area contributed by atoms with Crippen molar-refractivity contribution in [1.29, 1.82) is 0 Å². The second kappa shape index (κ2) is 7.38. The van der Waals surface area contributed by atoms with Gasteiger partial charge < -0.3 is 10.0 Å². The zero-order valence-electron chi connectivity index (χ0n) is 12.8. The van der Waals surface area contributed by atoms with E-state index in [4.69, 9.17) is 5.11 Å². The summed E-state index contributed by atoms with van der Waals surface area (Å²) < 4.78 is 0. The van der Waals surface area contributed by atoms with Crippen LogP contribution in [-0.2, 0) is 11.3 Å². The number of carboxylic acid groups (broad SMARTS) is 1. The van der Waals surface area contributed by atoms with Gasteiger partial charge in [-0.15, -0.1) is 0 Å². The largest absolute Gasteiger partial charge is 0.478 e. The second-order valence-corrected chi connectivity index (χ2v) is 5.87. The van der Waals surface area contributed by atoms with Crippen LogP contribution in [0.1, 0.15) is 24.0 Å². The van der Waals surface area contributed by atoms with Crippen molar-refractivity contribution < 1.29 is 9.90 Å². The van der Waals surface area contributed by atoms with Gasteiger partial charge in [-0.3, -0.25) is 4.90 Å². The molecule has 1 N–H and O–H groups in total. The number of carbonyl (C=O) groups is 1. The fraction of sp³-hybridized carbons (Fsp3) is 0.471. The van der Waals surface area contributed by atoms with Crippen LogP contribution < -0.4 is 0 Å². The van der Waals surface area contributed by atoms with Gasteiger partial charge in [0.05, 0.1) is 0 Å². The number of rotatable bonds is 5. The van der Waals surface area contributed by atoms with Gasteiger partial charge in [-0.2, -0.15) is 0 Å². The molecule has 1 aromatic carbocycles. The molecule has 114 valence electrons. The van der Waals surface area contributed by atoms with Crippen molar-refractivity contribution in [1.82, 2.24) is 9.80 Å². The maximum atomic E-state index is 10.7. The normalized spacial score (nSPS) is 20.2. The van der Waals surface area contributed by atoms with E-state index in [1.165, 1.54) is 24.5 Å². The van der Waals surface area contributed by atoms with Crippen LogP contribution in [0.2, 0.25) is 0 Å².